The highest BCUT2D eigenvalue weighted by Gasteiger charge is 2.24. The van der Waals surface area contributed by atoms with E-state index in [2.05, 4.69) is 12.2 Å². The highest BCUT2D eigenvalue weighted by Crippen LogP contribution is 2.29. The zero-order valence-corrected chi connectivity index (χ0v) is 16.0. The van der Waals surface area contributed by atoms with Crippen LogP contribution in [0.3, 0.4) is 0 Å². The summed E-state index contributed by atoms with van der Waals surface area (Å²) in [4.78, 5) is 16.4. The van der Waals surface area contributed by atoms with Crippen LogP contribution >= 0.6 is 23.7 Å². The molecular weight excluding hydrogens is 359 g/mol. The van der Waals surface area contributed by atoms with E-state index in [4.69, 9.17) is 0 Å². The second-order valence-corrected chi connectivity index (χ2v) is 7.30. The zero-order valence-electron chi connectivity index (χ0n) is 14.3. The maximum absolute atomic E-state index is 13.0. The predicted molar refractivity (Wildman–Crippen MR) is 104 cm³/mol. The summed E-state index contributed by atoms with van der Waals surface area (Å²) in [6.07, 6.45) is 2.13. The molecule has 3 rings (SSSR count). The van der Waals surface area contributed by atoms with Gasteiger partial charge in [0.25, 0.3) is 5.91 Å². The molecule has 0 aliphatic carbocycles. The topological polar surface area (TPSA) is 32.3 Å². The lowest BCUT2D eigenvalue weighted by Gasteiger charge is -2.31. The number of carbonyl (C=O) groups is 1. The first-order valence-electron chi connectivity index (χ1n) is 8.53. The standard InChI is InChI=1S/C19H23FN2OS.ClH/c1-2-21-13-14-9-11-22(12-10-14)19(23)18-8-7-17(24-18)15-3-5-16(20)6-4-15;/h3-8,14,21H,2,9-13H2,1H3;1H. The van der Waals surface area contributed by atoms with Crippen molar-refractivity contribution in [1.82, 2.24) is 10.2 Å². The fraction of sp³-hybridized carbons (Fsp3) is 0.421. The van der Waals surface area contributed by atoms with E-state index in [1.165, 1.54) is 23.5 Å². The summed E-state index contributed by atoms with van der Waals surface area (Å²) in [5.74, 6) is 0.550. The molecule has 1 aliphatic rings. The Morgan fingerprint density at radius 3 is 2.52 bits per heavy atom. The van der Waals surface area contributed by atoms with Gasteiger partial charge in [0.05, 0.1) is 4.88 Å². The highest BCUT2D eigenvalue weighted by atomic mass is 35.5. The molecular formula is C19H24ClFN2OS. The van der Waals surface area contributed by atoms with Crippen LogP contribution in [0.25, 0.3) is 10.4 Å². The van der Waals surface area contributed by atoms with Crippen molar-refractivity contribution in [2.75, 3.05) is 26.2 Å². The molecule has 0 spiro atoms. The second-order valence-electron chi connectivity index (χ2n) is 6.21. The second kappa shape index (κ2) is 9.32. The fourth-order valence-electron chi connectivity index (χ4n) is 3.07. The van der Waals surface area contributed by atoms with E-state index >= 15 is 0 Å². The van der Waals surface area contributed by atoms with Gasteiger partial charge >= 0.3 is 0 Å². The normalized spacial score (nSPS) is 15.0. The zero-order chi connectivity index (χ0) is 16.9. The van der Waals surface area contributed by atoms with E-state index in [-0.39, 0.29) is 24.1 Å². The molecule has 2 heterocycles. The smallest absolute Gasteiger partial charge is 0.263 e. The van der Waals surface area contributed by atoms with Gasteiger partial charge in [-0.05, 0) is 61.7 Å². The summed E-state index contributed by atoms with van der Waals surface area (Å²) < 4.78 is 13.0. The molecule has 1 amide bonds. The Morgan fingerprint density at radius 2 is 1.88 bits per heavy atom. The maximum Gasteiger partial charge on any atom is 0.263 e. The minimum atomic E-state index is -0.243. The van der Waals surface area contributed by atoms with Gasteiger partial charge in [-0.1, -0.05) is 19.1 Å². The molecule has 0 atom stereocenters. The first-order valence-corrected chi connectivity index (χ1v) is 9.34. The number of hydrogen-bond donors (Lipinski definition) is 1. The Balaban J connectivity index is 0.00000225. The summed E-state index contributed by atoms with van der Waals surface area (Å²) in [6.45, 7) is 5.83. The van der Waals surface area contributed by atoms with Gasteiger partial charge in [0, 0.05) is 18.0 Å². The SMILES string of the molecule is CCNCC1CCN(C(=O)c2ccc(-c3ccc(F)cc3)s2)CC1.Cl. The number of carbonyl (C=O) groups excluding carboxylic acids is 1. The van der Waals surface area contributed by atoms with Crippen LogP contribution < -0.4 is 5.32 Å². The third-order valence-electron chi connectivity index (χ3n) is 4.53. The molecule has 6 heteroatoms. The van der Waals surface area contributed by atoms with Crippen LogP contribution in [0.2, 0.25) is 0 Å². The number of benzene rings is 1. The molecule has 136 valence electrons. The van der Waals surface area contributed by atoms with E-state index in [0.29, 0.717) is 5.92 Å². The Kier molecular flexibility index (Phi) is 7.41. The van der Waals surface area contributed by atoms with Crippen LogP contribution in [0.15, 0.2) is 36.4 Å². The van der Waals surface area contributed by atoms with Gasteiger partial charge < -0.3 is 10.2 Å². The molecule has 1 fully saturated rings. The number of nitrogens with one attached hydrogen (secondary N) is 1. The Morgan fingerprint density at radius 1 is 1.20 bits per heavy atom. The highest BCUT2D eigenvalue weighted by molar-refractivity contribution is 7.17. The van der Waals surface area contributed by atoms with Crippen molar-refractivity contribution in [3.63, 3.8) is 0 Å². The monoisotopic (exact) mass is 382 g/mol. The number of halogens is 2. The van der Waals surface area contributed by atoms with Crippen molar-refractivity contribution in [2.24, 2.45) is 5.92 Å². The average Bonchev–Trinajstić information content (AvgIpc) is 3.10. The Bertz CT molecular complexity index is 681. The third kappa shape index (κ3) is 5.03. The molecule has 1 aromatic carbocycles. The van der Waals surface area contributed by atoms with Crippen molar-refractivity contribution in [3.8, 4) is 10.4 Å². The number of thiophene rings is 1. The van der Waals surface area contributed by atoms with Crippen LogP contribution in [0.4, 0.5) is 4.39 Å². The molecule has 0 unspecified atom stereocenters. The molecule has 1 N–H and O–H groups in total. The molecule has 1 aromatic heterocycles. The average molecular weight is 383 g/mol. The van der Waals surface area contributed by atoms with Crippen molar-refractivity contribution in [2.45, 2.75) is 19.8 Å². The van der Waals surface area contributed by atoms with Crippen LogP contribution in [0.5, 0.6) is 0 Å². The lowest BCUT2D eigenvalue weighted by Crippen LogP contribution is -2.40. The first kappa shape index (κ1) is 19.9. The fourth-order valence-corrected chi connectivity index (χ4v) is 4.05. The van der Waals surface area contributed by atoms with Gasteiger partial charge in [-0.3, -0.25) is 4.79 Å². The van der Waals surface area contributed by atoms with Crippen molar-refractivity contribution < 1.29 is 9.18 Å². The van der Waals surface area contributed by atoms with Gasteiger partial charge in [-0.25, -0.2) is 4.39 Å². The molecule has 0 radical (unpaired) electrons. The Hall–Kier alpha value is -1.43. The summed E-state index contributed by atoms with van der Waals surface area (Å²) in [5, 5.41) is 3.39. The molecule has 2 aromatic rings. The van der Waals surface area contributed by atoms with Gasteiger partial charge in [0.2, 0.25) is 0 Å². The van der Waals surface area contributed by atoms with Crippen molar-refractivity contribution >= 4 is 29.7 Å². The van der Waals surface area contributed by atoms with Gasteiger partial charge in [-0.15, -0.1) is 23.7 Å². The third-order valence-corrected chi connectivity index (χ3v) is 5.65. The van der Waals surface area contributed by atoms with Crippen molar-refractivity contribution in [3.05, 3.63) is 47.1 Å². The van der Waals surface area contributed by atoms with Crippen LogP contribution in [-0.2, 0) is 0 Å². The number of rotatable bonds is 5. The van der Waals surface area contributed by atoms with E-state index in [1.54, 1.807) is 12.1 Å². The molecule has 0 bridgehead atoms. The molecule has 25 heavy (non-hydrogen) atoms. The molecule has 1 saturated heterocycles. The summed E-state index contributed by atoms with van der Waals surface area (Å²) in [7, 11) is 0. The number of piperidine rings is 1. The van der Waals surface area contributed by atoms with Gasteiger partial charge in [-0.2, -0.15) is 0 Å². The van der Waals surface area contributed by atoms with Crippen molar-refractivity contribution in [1.29, 1.82) is 0 Å². The molecule has 0 saturated carbocycles. The first-order chi connectivity index (χ1) is 11.7. The lowest BCUT2D eigenvalue weighted by atomic mass is 9.96. The minimum Gasteiger partial charge on any atom is -0.338 e. The number of nitrogens with zero attached hydrogens (tertiary/aromatic N) is 1. The largest absolute Gasteiger partial charge is 0.338 e. The van der Waals surface area contributed by atoms with E-state index in [0.717, 1.165) is 54.3 Å². The maximum atomic E-state index is 13.0. The number of likely N-dealkylation sites (tertiary alicyclic amines) is 1. The predicted octanol–water partition coefficient (Wildman–Crippen LogP) is 4.44. The summed E-state index contributed by atoms with van der Waals surface area (Å²) in [6, 6.07) is 10.2. The summed E-state index contributed by atoms with van der Waals surface area (Å²) >= 11 is 1.48. The Labute approximate surface area is 158 Å². The van der Waals surface area contributed by atoms with Crippen LogP contribution in [-0.4, -0.2) is 37.0 Å². The van der Waals surface area contributed by atoms with E-state index in [1.807, 2.05) is 17.0 Å². The van der Waals surface area contributed by atoms with Crippen LogP contribution in [0, 0.1) is 11.7 Å². The van der Waals surface area contributed by atoms with Gasteiger partial charge in [0.1, 0.15) is 5.82 Å². The van der Waals surface area contributed by atoms with Gasteiger partial charge in [0.15, 0.2) is 0 Å². The van der Waals surface area contributed by atoms with Crippen LogP contribution in [0.1, 0.15) is 29.4 Å². The summed E-state index contributed by atoms with van der Waals surface area (Å²) in [5.41, 5.74) is 0.949. The van der Waals surface area contributed by atoms with E-state index in [9.17, 15) is 9.18 Å². The molecule has 3 nitrogen and oxygen atoms in total. The minimum absolute atomic E-state index is 0. The quantitative estimate of drug-likeness (QED) is 0.829. The van der Waals surface area contributed by atoms with E-state index < -0.39 is 0 Å². The number of amides is 1. The number of hydrogen-bond acceptors (Lipinski definition) is 3. The molecule has 1 aliphatic heterocycles. The lowest BCUT2D eigenvalue weighted by molar-refractivity contribution is 0.0695.